The van der Waals surface area contributed by atoms with Gasteiger partial charge in [-0.3, -0.25) is 0 Å². The Morgan fingerprint density at radius 1 is 1.03 bits per heavy atom. The number of carboxylic acid groups (broad SMARTS) is 1. The predicted octanol–water partition coefficient (Wildman–Crippen LogP) is 5.16. The fourth-order valence-electron chi connectivity index (χ4n) is 3.20. The van der Waals surface area contributed by atoms with Crippen LogP contribution in [-0.2, 0) is 11.3 Å². The molecule has 0 saturated carbocycles. The van der Waals surface area contributed by atoms with Gasteiger partial charge in [0, 0.05) is 24.1 Å². The quantitative estimate of drug-likeness (QED) is 0.466. The predicted molar refractivity (Wildman–Crippen MR) is 122 cm³/mol. The zero-order chi connectivity index (χ0) is 25.0. The number of rotatable bonds is 8. The third-order valence-corrected chi connectivity index (χ3v) is 4.93. The summed E-state index contributed by atoms with van der Waals surface area (Å²) in [6, 6.07) is 13.0. The van der Waals surface area contributed by atoms with Crippen LogP contribution < -0.4 is 19.9 Å². The average molecular weight is 472 g/mol. The molecule has 0 bridgehead atoms. The molecule has 2 aromatic carbocycles. The van der Waals surface area contributed by atoms with Gasteiger partial charge in [0.25, 0.3) is 11.8 Å². The summed E-state index contributed by atoms with van der Waals surface area (Å²) >= 11 is 0. The fraction of sp³-hybridized carbons (Fsp3) is 0.280. The molecule has 0 saturated heterocycles. The first-order valence-corrected chi connectivity index (χ1v) is 10.4. The number of benzene rings is 2. The molecule has 1 aromatic heterocycles. The summed E-state index contributed by atoms with van der Waals surface area (Å²) in [7, 11) is 1.47. The van der Waals surface area contributed by atoms with E-state index in [4.69, 9.17) is 19.9 Å². The maximum absolute atomic E-state index is 14.5. The number of nitrogens with zero attached hydrogens (tertiary/aromatic N) is 1. The van der Waals surface area contributed by atoms with Crippen molar-refractivity contribution < 1.29 is 32.9 Å². The number of carboxylic acids is 1. The lowest BCUT2D eigenvalue weighted by atomic mass is 9.89. The largest absolute Gasteiger partial charge is 0.497 e. The highest BCUT2D eigenvalue weighted by atomic mass is 19.1. The van der Waals surface area contributed by atoms with Gasteiger partial charge in [0.15, 0.2) is 11.6 Å². The van der Waals surface area contributed by atoms with Crippen LogP contribution in [0.3, 0.4) is 0 Å². The van der Waals surface area contributed by atoms with Crippen LogP contribution in [0.25, 0.3) is 11.1 Å². The number of hydrogen-bond acceptors (Lipinski definition) is 6. The molecule has 0 aliphatic rings. The van der Waals surface area contributed by atoms with Gasteiger partial charge < -0.3 is 25.1 Å². The van der Waals surface area contributed by atoms with Crippen molar-refractivity contribution in [3.63, 3.8) is 0 Å². The van der Waals surface area contributed by atoms with Crippen LogP contribution in [0.1, 0.15) is 26.3 Å². The van der Waals surface area contributed by atoms with Gasteiger partial charge >= 0.3 is 5.97 Å². The van der Waals surface area contributed by atoms with Gasteiger partial charge in [-0.25, -0.2) is 13.6 Å². The number of halogens is 2. The maximum atomic E-state index is 14.5. The van der Waals surface area contributed by atoms with Crippen LogP contribution >= 0.6 is 0 Å². The minimum absolute atomic E-state index is 0.169. The maximum Gasteiger partial charge on any atom is 0.345 e. The van der Waals surface area contributed by atoms with Crippen LogP contribution in [-0.4, -0.2) is 29.3 Å². The van der Waals surface area contributed by atoms with Crippen LogP contribution in [0.2, 0.25) is 0 Å². The molecular weight excluding hydrogens is 446 g/mol. The van der Waals surface area contributed by atoms with Crippen molar-refractivity contribution in [2.45, 2.75) is 33.4 Å². The Morgan fingerprint density at radius 2 is 1.71 bits per heavy atom. The normalized spacial score (nSPS) is 12.2. The van der Waals surface area contributed by atoms with E-state index in [-0.39, 0.29) is 5.75 Å². The van der Waals surface area contributed by atoms with E-state index in [2.05, 4.69) is 4.98 Å². The van der Waals surface area contributed by atoms with E-state index in [1.165, 1.54) is 13.2 Å². The topological polar surface area (TPSA) is 104 Å². The lowest BCUT2D eigenvalue weighted by Gasteiger charge is -2.27. The van der Waals surface area contributed by atoms with Crippen molar-refractivity contribution in [1.82, 2.24) is 4.98 Å². The Bertz CT molecular complexity index is 1190. The number of methoxy groups -OCH3 is 1. The Hall–Kier alpha value is -3.72. The smallest absolute Gasteiger partial charge is 0.345 e. The van der Waals surface area contributed by atoms with E-state index in [0.717, 1.165) is 11.1 Å². The van der Waals surface area contributed by atoms with Crippen LogP contribution in [0.4, 0.5) is 8.78 Å². The van der Waals surface area contributed by atoms with Crippen molar-refractivity contribution in [3.05, 3.63) is 65.7 Å². The summed E-state index contributed by atoms with van der Waals surface area (Å²) in [4.78, 5) is 15.4. The number of nitrogens with two attached hydrogens (primary N) is 1. The monoisotopic (exact) mass is 472 g/mol. The molecule has 1 heterocycles. The molecule has 7 nitrogen and oxygen atoms in total. The van der Waals surface area contributed by atoms with Gasteiger partial charge in [-0.2, -0.15) is 4.98 Å². The molecule has 180 valence electrons. The standard InChI is InChI=1S/C25H26F2N2O5/c1-25(2,3)21(24(30)31)34-23-20(27)12-19(26)22(29-23)33-18-10-16(9-17(11-18)32-4)15-7-5-6-14(8-15)13-28/h5-12,21H,13,28H2,1-4H3,(H,30,31)/t21-/m0/s1. The van der Waals surface area contributed by atoms with E-state index < -0.39 is 40.9 Å². The zero-order valence-corrected chi connectivity index (χ0v) is 19.3. The van der Waals surface area contributed by atoms with Gasteiger partial charge in [-0.05, 0) is 34.9 Å². The number of aromatic nitrogens is 1. The fourth-order valence-corrected chi connectivity index (χ4v) is 3.20. The first-order chi connectivity index (χ1) is 16.0. The van der Waals surface area contributed by atoms with Gasteiger partial charge in [-0.1, -0.05) is 39.0 Å². The minimum Gasteiger partial charge on any atom is -0.497 e. The molecule has 0 radical (unpaired) electrons. The SMILES string of the molecule is COc1cc(Oc2nc(O[C@@H](C(=O)O)C(C)(C)C)c(F)cc2F)cc(-c2cccc(CN)c2)c1. The van der Waals surface area contributed by atoms with Gasteiger partial charge in [0.05, 0.1) is 7.11 Å². The zero-order valence-electron chi connectivity index (χ0n) is 19.3. The van der Waals surface area contributed by atoms with Crippen molar-refractivity contribution >= 4 is 5.97 Å². The van der Waals surface area contributed by atoms with Crippen LogP contribution in [0.5, 0.6) is 23.3 Å². The van der Waals surface area contributed by atoms with Gasteiger partial charge in [-0.15, -0.1) is 0 Å². The molecule has 34 heavy (non-hydrogen) atoms. The molecule has 9 heteroatoms. The minimum atomic E-state index is -1.42. The molecule has 3 N–H and O–H groups in total. The third kappa shape index (κ3) is 5.79. The van der Waals surface area contributed by atoms with Crippen molar-refractivity contribution in [1.29, 1.82) is 0 Å². The van der Waals surface area contributed by atoms with Crippen LogP contribution in [0.15, 0.2) is 48.5 Å². The molecule has 3 rings (SSSR count). The first kappa shape index (κ1) is 24.9. The van der Waals surface area contributed by atoms with Crippen molar-refractivity contribution in [2.75, 3.05) is 7.11 Å². The summed E-state index contributed by atoms with van der Waals surface area (Å²) < 4.78 is 45.1. The summed E-state index contributed by atoms with van der Waals surface area (Å²) in [5, 5.41) is 9.45. The number of aliphatic carboxylic acids is 1. The van der Waals surface area contributed by atoms with Gasteiger partial charge in [0.2, 0.25) is 6.10 Å². The molecule has 0 aliphatic heterocycles. The van der Waals surface area contributed by atoms with Gasteiger partial charge in [0.1, 0.15) is 11.5 Å². The van der Waals surface area contributed by atoms with E-state index in [1.807, 2.05) is 24.3 Å². The van der Waals surface area contributed by atoms with Crippen LogP contribution in [0, 0.1) is 17.0 Å². The number of ether oxygens (including phenoxy) is 3. The lowest BCUT2D eigenvalue weighted by Crippen LogP contribution is -2.39. The van der Waals surface area contributed by atoms with E-state index in [0.29, 0.717) is 23.9 Å². The summed E-state index contributed by atoms with van der Waals surface area (Å²) in [5.41, 5.74) is 7.31. The summed E-state index contributed by atoms with van der Waals surface area (Å²) in [6.45, 7) is 5.20. The Kier molecular flexibility index (Phi) is 7.36. The molecule has 0 amide bonds. The number of carbonyl (C=O) groups is 1. The van der Waals surface area contributed by atoms with E-state index in [9.17, 15) is 18.7 Å². The molecule has 1 atom stereocenters. The molecule has 3 aromatic rings. The van der Waals surface area contributed by atoms with E-state index in [1.54, 1.807) is 32.9 Å². The third-order valence-electron chi connectivity index (χ3n) is 4.93. The lowest BCUT2D eigenvalue weighted by molar-refractivity contribution is -0.150. The van der Waals surface area contributed by atoms with Crippen molar-refractivity contribution in [2.24, 2.45) is 11.1 Å². The highest BCUT2D eigenvalue weighted by Crippen LogP contribution is 2.35. The molecule has 0 aliphatic carbocycles. The second-order valence-corrected chi connectivity index (χ2v) is 8.67. The second kappa shape index (κ2) is 10.0. The first-order valence-electron chi connectivity index (χ1n) is 10.4. The molecule has 0 spiro atoms. The summed E-state index contributed by atoms with van der Waals surface area (Å²) in [6.07, 6.45) is -1.42. The van der Waals surface area contributed by atoms with E-state index >= 15 is 0 Å². The Morgan fingerprint density at radius 3 is 2.32 bits per heavy atom. The average Bonchev–Trinajstić information content (AvgIpc) is 2.78. The highest BCUT2D eigenvalue weighted by Gasteiger charge is 2.35. The second-order valence-electron chi connectivity index (χ2n) is 8.67. The Labute approximate surface area is 196 Å². The highest BCUT2D eigenvalue weighted by molar-refractivity contribution is 5.73. The number of pyridine rings is 1. The Balaban J connectivity index is 1.99. The number of hydrogen-bond donors (Lipinski definition) is 2. The molecule has 0 unspecified atom stereocenters. The molecule has 0 fully saturated rings. The molecular formula is C25H26F2N2O5. The summed E-state index contributed by atoms with van der Waals surface area (Å²) in [5.74, 6) is -4.20. The van der Waals surface area contributed by atoms with Crippen molar-refractivity contribution in [3.8, 4) is 34.4 Å².